The van der Waals surface area contributed by atoms with Gasteiger partial charge in [-0.1, -0.05) is 13.0 Å². The highest BCUT2D eigenvalue weighted by molar-refractivity contribution is 5.34. The average molecular weight is 230 g/mol. The lowest BCUT2D eigenvalue weighted by Crippen LogP contribution is -2.17. The predicted octanol–water partition coefficient (Wildman–Crippen LogP) is 2.33. The fraction of sp³-hybridized carbons (Fsp3) is 0.385. The van der Waals surface area contributed by atoms with Crippen LogP contribution >= 0.6 is 0 Å². The van der Waals surface area contributed by atoms with Crippen LogP contribution in [-0.4, -0.2) is 21.3 Å². The average Bonchev–Trinajstić information content (AvgIpc) is 2.79. The third-order valence-electron chi connectivity index (χ3n) is 2.58. The fourth-order valence-electron chi connectivity index (χ4n) is 1.71. The maximum Gasteiger partial charge on any atom is 0.126 e. The molecule has 0 radical (unpaired) electrons. The van der Waals surface area contributed by atoms with Gasteiger partial charge in [0.25, 0.3) is 0 Å². The molecule has 0 aliphatic rings. The first-order valence-corrected chi connectivity index (χ1v) is 5.89. The van der Waals surface area contributed by atoms with Crippen molar-refractivity contribution in [3.8, 4) is 0 Å². The van der Waals surface area contributed by atoms with Crippen molar-refractivity contribution in [1.29, 1.82) is 0 Å². The van der Waals surface area contributed by atoms with Crippen LogP contribution in [0.25, 0.3) is 0 Å². The van der Waals surface area contributed by atoms with E-state index in [2.05, 4.69) is 22.3 Å². The molecule has 2 aromatic heterocycles. The summed E-state index contributed by atoms with van der Waals surface area (Å²) < 4.78 is 1.95. The summed E-state index contributed by atoms with van der Waals surface area (Å²) in [5.74, 6) is 1.45. The Morgan fingerprint density at radius 1 is 1.35 bits per heavy atom. The Bertz CT molecular complexity index is 450. The minimum absolute atomic E-state index is 0.511. The van der Waals surface area contributed by atoms with Gasteiger partial charge >= 0.3 is 0 Å². The second-order valence-electron chi connectivity index (χ2n) is 4.38. The zero-order valence-corrected chi connectivity index (χ0v) is 10.3. The molecule has 2 rings (SSSR count). The van der Waals surface area contributed by atoms with Crippen molar-refractivity contribution in [3.05, 3.63) is 42.4 Å². The monoisotopic (exact) mass is 230 g/mol. The molecule has 0 saturated carbocycles. The van der Waals surface area contributed by atoms with E-state index in [4.69, 9.17) is 0 Å². The van der Waals surface area contributed by atoms with Gasteiger partial charge in [-0.3, -0.25) is 4.68 Å². The molecule has 0 amide bonds. The number of anilines is 1. The lowest BCUT2D eigenvalue weighted by Gasteiger charge is -2.13. The summed E-state index contributed by atoms with van der Waals surface area (Å²) in [4.78, 5) is 4.41. The van der Waals surface area contributed by atoms with E-state index in [1.165, 1.54) is 0 Å². The van der Waals surface area contributed by atoms with Gasteiger partial charge in [0.2, 0.25) is 0 Å². The fourth-order valence-corrected chi connectivity index (χ4v) is 1.71. The SMILES string of the molecule is Cc1cccc(NC[C@@H](C)Cn2cccn2)n1. The number of pyridine rings is 1. The van der Waals surface area contributed by atoms with E-state index in [0.717, 1.165) is 24.6 Å². The van der Waals surface area contributed by atoms with Gasteiger partial charge in [0.1, 0.15) is 5.82 Å². The molecule has 0 unspecified atom stereocenters. The third-order valence-corrected chi connectivity index (χ3v) is 2.58. The number of aromatic nitrogens is 3. The first-order chi connectivity index (χ1) is 8.24. The van der Waals surface area contributed by atoms with Gasteiger partial charge in [0.05, 0.1) is 0 Å². The first kappa shape index (κ1) is 11.6. The molecule has 90 valence electrons. The number of aryl methyl sites for hydroxylation is 1. The highest BCUT2D eigenvalue weighted by atomic mass is 15.3. The molecule has 0 aliphatic heterocycles. The van der Waals surface area contributed by atoms with Crippen LogP contribution in [0, 0.1) is 12.8 Å². The van der Waals surface area contributed by atoms with Gasteiger partial charge < -0.3 is 5.32 Å². The van der Waals surface area contributed by atoms with Crippen LogP contribution < -0.4 is 5.32 Å². The Hall–Kier alpha value is -1.84. The molecular formula is C13H18N4. The van der Waals surface area contributed by atoms with E-state index in [9.17, 15) is 0 Å². The summed E-state index contributed by atoms with van der Waals surface area (Å²) >= 11 is 0. The normalized spacial score (nSPS) is 12.4. The van der Waals surface area contributed by atoms with Crippen molar-refractivity contribution >= 4 is 5.82 Å². The molecule has 0 spiro atoms. The summed E-state index contributed by atoms with van der Waals surface area (Å²) in [7, 11) is 0. The molecule has 0 aliphatic carbocycles. The second kappa shape index (κ2) is 5.48. The van der Waals surface area contributed by atoms with Crippen LogP contribution in [0.3, 0.4) is 0 Å². The Balaban J connectivity index is 1.82. The first-order valence-electron chi connectivity index (χ1n) is 5.89. The van der Waals surface area contributed by atoms with Crippen LogP contribution in [0.1, 0.15) is 12.6 Å². The van der Waals surface area contributed by atoms with Gasteiger partial charge in [-0.15, -0.1) is 0 Å². The summed E-state index contributed by atoms with van der Waals surface area (Å²) in [6, 6.07) is 7.96. The predicted molar refractivity (Wildman–Crippen MR) is 68.9 cm³/mol. The maximum absolute atomic E-state index is 4.41. The zero-order chi connectivity index (χ0) is 12.1. The molecule has 0 aromatic carbocycles. The van der Waals surface area contributed by atoms with Gasteiger partial charge in [0.15, 0.2) is 0 Å². The molecular weight excluding hydrogens is 212 g/mol. The van der Waals surface area contributed by atoms with Crippen LogP contribution in [0.15, 0.2) is 36.7 Å². The number of rotatable bonds is 5. The quantitative estimate of drug-likeness (QED) is 0.857. The highest BCUT2D eigenvalue weighted by Gasteiger charge is 2.03. The maximum atomic E-state index is 4.41. The zero-order valence-electron chi connectivity index (χ0n) is 10.3. The smallest absolute Gasteiger partial charge is 0.126 e. The molecule has 1 atom stereocenters. The molecule has 4 heteroatoms. The summed E-state index contributed by atoms with van der Waals surface area (Å²) in [5, 5.41) is 7.54. The topological polar surface area (TPSA) is 42.7 Å². The van der Waals surface area contributed by atoms with Crippen molar-refractivity contribution < 1.29 is 0 Å². The number of nitrogens with zero attached hydrogens (tertiary/aromatic N) is 3. The van der Waals surface area contributed by atoms with Crippen molar-refractivity contribution in [3.63, 3.8) is 0 Å². The molecule has 17 heavy (non-hydrogen) atoms. The van der Waals surface area contributed by atoms with Gasteiger partial charge in [-0.25, -0.2) is 4.98 Å². The van der Waals surface area contributed by atoms with Crippen molar-refractivity contribution in [2.75, 3.05) is 11.9 Å². The standard InChI is InChI=1S/C13H18N4/c1-11(10-17-8-4-7-15-17)9-14-13-6-3-5-12(2)16-13/h3-8,11H,9-10H2,1-2H3,(H,14,16)/t11-/m1/s1. The molecule has 0 fully saturated rings. The Labute approximate surface area is 102 Å². The third kappa shape index (κ3) is 3.59. The van der Waals surface area contributed by atoms with Crippen LogP contribution in [-0.2, 0) is 6.54 Å². The van der Waals surface area contributed by atoms with E-state index in [1.54, 1.807) is 0 Å². The van der Waals surface area contributed by atoms with Crippen LogP contribution in [0.5, 0.6) is 0 Å². The highest BCUT2D eigenvalue weighted by Crippen LogP contribution is 2.06. The lowest BCUT2D eigenvalue weighted by molar-refractivity contribution is 0.467. The van der Waals surface area contributed by atoms with Crippen LogP contribution in [0.2, 0.25) is 0 Å². The summed E-state index contributed by atoms with van der Waals surface area (Å²) in [6.45, 7) is 6.02. The number of hydrogen-bond donors (Lipinski definition) is 1. The van der Waals surface area contributed by atoms with E-state index in [-0.39, 0.29) is 0 Å². The molecule has 1 N–H and O–H groups in total. The van der Waals surface area contributed by atoms with Crippen molar-refractivity contribution in [2.45, 2.75) is 20.4 Å². The Kier molecular flexibility index (Phi) is 3.75. The van der Waals surface area contributed by atoms with Crippen LogP contribution in [0.4, 0.5) is 5.82 Å². The summed E-state index contributed by atoms with van der Waals surface area (Å²) in [5.41, 5.74) is 1.04. The largest absolute Gasteiger partial charge is 0.370 e. The lowest BCUT2D eigenvalue weighted by atomic mass is 10.2. The molecule has 4 nitrogen and oxygen atoms in total. The van der Waals surface area contributed by atoms with Gasteiger partial charge in [-0.2, -0.15) is 5.10 Å². The molecule has 2 heterocycles. The van der Waals surface area contributed by atoms with Crippen molar-refractivity contribution in [2.24, 2.45) is 5.92 Å². The van der Waals surface area contributed by atoms with E-state index in [0.29, 0.717) is 5.92 Å². The van der Waals surface area contributed by atoms with E-state index < -0.39 is 0 Å². The number of nitrogens with one attached hydrogen (secondary N) is 1. The minimum Gasteiger partial charge on any atom is -0.370 e. The Morgan fingerprint density at radius 2 is 2.24 bits per heavy atom. The Morgan fingerprint density at radius 3 is 2.94 bits per heavy atom. The molecule has 0 bridgehead atoms. The summed E-state index contributed by atoms with van der Waals surface area (Å²) in [6.07, 6.45) is 3.80. The molecule has 2 aromatic rings. The van der Waals surface area contributed by atoms with E-state index in [1.807, 2.05) is 48.3 Å². The number of hydrogen-bond acceptors (Lipinski definition) is 3. The molecule has 0 saturated heterocycles. The van der Waals surface area contributed by atoms with Gasteiger partial charge in [-0.05, 0) is 31.0 Å². The minimum atomic E-state index is 0.511. The van der Waals surface area contributed by atoms with E-state index >= 15 is 0 Å². The van der Waals surface area contributed by atoms with Gasteiger partial charge in [0, 0.05) is 31.2 Å². The van der Waals surface area contributed by atoms with Crippen molar-refractivity contribution in [1.82, 2.24) is 14.8 Å². The second-order valence-corrected chi connectivity index (χ2v) is 4.38.